The number of methoxy groups -OCH3 is 1. The van der Waals surface area contributed by atoms with Crippen molar-refractivity contribution in [3.8, 4) is 17.0 Å². The Morgan fingerprint density at radius 2 is 2.21 bits per heavy atom. The maximum absolute atomic E-state index is 6.16. The number of hydrogen-bond acceptors (Lipinski definition) is 3. The molecule has 1 aromatic carbocycles. The van der Waals surface area contributed by atoms with Gasteiger partial charge in [-0.05, 0) is 37.0 Å². The van der Waals surface area contributed by atoms with Gasteiger partial charge < -0.3 is 15.5 Å². The van der Waals surface area contributed by atoms with Crippen molar-refractivity contribution >= 4 is 0 Å². The molecule has 1 saturated carbocycles. The van der Waals surface area contributed by atoms with Gasteiger partial charge in [-0.15, -0.1) is 0 Å². The van der Waals surface area contributed by atoms with Gasteiger partial charge in [0.15, 0.2) is 0 Å². The molecule has 1 aliphatic rings. The van der Waals surface area contributed by atoms with Crippen LogP contribution < -0.4 is 10.5 Å². The molecule has 0 unspecified atom stereocenters. The van der Waals surface area contributed by atoms with Crippen molar-refractivity contribution in [1.82, 2.24) is 9.97 Å². The van der Waals surface area contributed by atoms with Gasteiger partial charge in [0.25, 0.3) is 0 Å². The lowest BCUT2D eigenvalue weighted by atomic mass is 10.1. The number of aromatic nitrogens is 2. The Balaban J connectivity index is 2.02. The minimum Gasteiger partial charge on any atom is -0.496 e. The third-order valence-electron chi connectivity index (χ3n) is 3.80. The zero-order valence-corrected chi connectivity index (χ0v) is 11.4. The number of imidazole rings is 1. The van der Waals surface area contributed by atoms with Crippen LogP contribution in [0.4, 0.5) is 0 Å². The molecule has 0 amide bonds. The van der Waals surface area contributed by atoms with Gasteiger partial charge in [0.2, 0.25) is 0 Å². The van der Waals surface area contributed by atoms with Gasteiger partial charge in [-0.1, -0.05) is 13.0 Å². The lowest BCUT2D eigenvalue weighted by Gasteiger charge is -2.09. The van der Waals surface area contributed by atoms with Gasteiger partial charge in [-0.3, -0.25) is 0 Å². The van der Waals surface area contributed by atoms with Crippen LogP contribution in [0, 0.1) is 0 Å². The summed E-state index contributed by atoms with van der Waals surface area (Å²) < 4.78 is 5.43. The number of nitrogens with two attached hydrogens (primary N) is 1. The SMILES string of the molecule is CCc1ccc(OC)c(-c2cnc(C3(N)CC3)[nH]2)c1. The maximum atomic E-state index is 6.16. The maximum Gasteiger partial charge on any atom is 0.128 e. The largest absolute Gasteiger partial charge is 0.496 e. The molecule has 0 atom stereocenters. The number of aromatic amines is 1. The molecule has 3 N–H and O–H groups in total. The number of rotatable bonds is 4. The summed E-state index contributed by atoms with van der Waals surface area (Å²) in [6.07, 6.45) is 4.86. The van der Waals surface area contributed by atoms with Crippen molar-refractivity contribution < 1.29 is 4.74 Å². The Morgan fingerprint density at radius 3 is 2.84 bits per heavy atom. The predicted molar refractivity (Wildman–Crippen MR) is 75.1 cm³/mol. The molecule has 1 heterocycles. The van der Waals surface area contributed by atoms with E-state index < -0.39 is 0 Å². The van der Waals surface area contributed by atoms with Crippen LogP contribution in [0.1, 0.15) is 31.2 Å². The Kier molecular flexibility index (Phi) is 2.82. The molecular weight excluding hydrogens is 238 g/mol. The van der Waals surface area contributed by atoms with Gasteiger partial charge in [-0.2, -0.15) is 0 Å². The molecule has 1 aromatic heterocycles. The van der Waals surface area contributed by atoms with Gasteiger partial charge in [-0.25, -0.2) is 4.98 Å². The second-order valence-electron chi connectivity index (χ2n) is 5.19. The van der Waals surface area contributed by atoms with E-state index in [2.05, 4.69) is 29.0 Å². The fraction of sp³-hybridized carbons (Fsp3) is 0.400. The van der Waals surface area contributed by atoms with Gasteiger partial charge in [0.1, 0.15) is 11.6 Å². The lowest BCUT2D eigenvalue weighted by molar-refractivity contribution is 0.416. The molecule has 2 aromatic rings. The monoisotopic (exact) mass is 257 g/mol. The average Bonchev–Trinajstić information content (AvgIpc) is 3.01. The fourth-order valence-electron chi connectivity index (χ4n) is 2.27. The summed E-state index contributed by atoms with van der Waals surface area (Å²) in [6, 6.07) is 6.24. The van der Waals surface area contributed by atoms with E-state index in [1.165, 1.54) is 5.56 Å². The Morgan fingerprint density at radius 1 is 1.42 bits per heavy atom. The molecule has 100 valence electrons. The molecule has 0 bridgehead atoms. The number of benzene rings is 1. The molecule has 0 aliphatic heterocycles. The zero-order chi connectivity index (χ0) is 13.5. The molecule has 1 fully saturated rings. The second-order valence-corrected chi connectivity index (χ2v) is 5.19. The van der Waals surface area contributed by atoms with Crippen LogP contribution in [0.15, 0.2) is 24.4 Å². The highest BCUT2D eigenvalue weighted by molar-refractivity contribution is 5.68. The molecule has 0 spiro atoms. The van der Waals surface area contributed by atoms with Crippen LogP contribution in [-0.2, 0) is 12.0 Å². The lowest BCUT2D eigenvalue weighted by Crippen LogP contribution is -2.20. The first-order chi connectivity index (χ1) is 9.16. The summed E-state index contributed by atoms with van der Waals surface area (Å²) in [6.45, 7) is 2.14. The van der Waals surface area contributed by atoms with E-state index in [4.69, 9.17) is 10.5 Å². The van der Waals surface area contributed by atoms with Gasteiger partial charge in [0.05, 0.1) is 24.5 Å². The van der Waals surface area contributed by atoms with E-state index in [1.807, 2.05) is 12.3 Å². The smallest absolute Gasteiger partial charge is 0.128 e. The summed E-state index contributed by atoms with van der Waals surface area (Å²) in [5, 5.41) is 0. The third kappa shape index (κ3) is 2.12. The molecule has 0 radical (unpaired) electrons. The summed E-state index contributed by atoms with van der Waals surface area (Å²) in [7, 11) is 1.69. The first-order valence-corrected chi connectivity index (χ1v) is 6.68. The zero-order valence-electron chi connectivity index (χ0n) is 11.4. The third-order valence-corrected chi connectivity index (χ3v) is 3.80. The van der Waals surface area contributed by atoms with Crippen LogP contribution in [-0.4, -0.2) is 17.1 Å². The van der Waals surface area contributed by atoms with Crippen molar-refractivity contribution in [2.24, 2.45) is 5.73 Å². The number of H-pyrrole nitrogens is 1. The van der Waals surface area contributed by atoms with Crippen LogP contribution in [0.5, 0.6) is 5.75 Å². The van der Waals surface area contributed by atoms with E-state index in [1.54, 1.807) is 7.11 Å². The minimum atomic E-state index is -0.228. The van der Waals surface area contributed by atoms with E-state index in [-0.39, 0.29) is 5.54 Å². The predicted octanol–water partition coefficient (Wildman–Crippen LogP) is 2.60. The second kappa shape index (κ2) is 4.38. The normalized spacial score (nSPS) is 16.4. The first kappa shape index (κ1) is 12.2. The highest BCUT2D eigenvalue weighted by atomic mass is 16.5. The standard InChI is InChI=1S/C15H19N3O/c1-3-10-4-5-13(19-2)11(8-10)12-9-17-14(18-12)15(16)6-7-15/h4-5,8-9H,3,6-7,16H2,1-2H3,(H,17,18). The first-order valence-electron chi connectivity index (χ1n) is 6.68. The van der Waals surface area contributed by atoms with Crippen LogP contribution in [0.2, 0.25) is 0 Å². The van der Waals surface area contributed by atoms with Crippen LogP contribution >= 0.6 is 0 Å². The van der Waals surface area contributed by atoms with Crippen molar-refractivity contribution in [1.29, 1.82) is 0 Å². The summed E-state index contributed by atoms with van der Waals surface area (Å²) in [4.78, 5) is 7.76. The number of hydrogen-bond donors (Lipinski definition) is 2. The molecular formula is C15H19N3O. The van der Waals surface area contributed by atoms with Crippen molar-refractivity contribution in [2.45, 2.75) is 31.7 Å². The highest BCUT2D eigenvalue weighted by Crippen LogP contribution is 2.42. The van der Waals surface area contributed by atoms with E-state index in [0.29, 0.717) is 0 Å². The molecule has 19 heavy (non-hydrogen) atoms. The average molecular weight is 257 g/mol. The number of aryl methyl sites for hydroxylation is 1. The van der Waals surface area contributed by atoms with Crippen molar-refractivity contribution in [2.75, 3.05) is 7.11 Å². The molecule has 3 rings (SSSR count). The van der Waals surface area contributed by atoms with E-state index in [9.17, 15) is 0 Å². The Bertz CT molecular complexity index is 599. The summed E-state index contributed by atoms with van der Waals surface area (Å²) in [5.74, 6) is 1.74. The van der Waals surface area contributed by atoms with Crippen molar-refractivity contribution in [3.05, 3.63) is 35.8 Å². The fourth-order valence-corrected chi connectivity index (χ4v) is 2.27. The summed E-state index contributed by atoms with van der Waals surface area (Å²) >= 11 is 0. The molecule has 0 saturated heterocycles. The number of nitrogens with zero attached hydrogens (tertiary/aromatic N) is 1. The van der Waals surface area contributed by atoms with E-state index in [0.717, 1.165) is 42.1 Å². The minimum absolute atomic E-state index is 0.228. The van der Waals surface area contributed by atoms with Gasteiger partial charge in [0, 0.05) is 5.56 Å². The van der Waals surface area contributed by atoms with Crippen LogP contribution in [0.3, 0.4) is 0 Å². The van der Waals surface area contributed by atoms with Gasteiger partial charge >= 0.3 is 0 Å². The van der Waals surface area contributed by atoms with Crippen LogP contribution in [0.25, 0.3) is 11.3 Å². The Hall–Kier alpha value is -1.81. The topological polar surface area (TPSA) is 63.9 Å². The summed E-state index contributed by atoms with van der Waals surface area (Å²) in [5.41, 5.74) is 9.23. The number of nitrogens with one attached hydrogen (secondary N) is 1. The number of ether oxygens (including phenoxy) is 1. The molecule has 4 nitrogen and oxygen atoms in total. The quantitative estimate of drug-likeness (QED) is 0.885. The molecule has 1 aliphatic carbocycles. The highest BCUT2D eigenvalue weighted by Gasteiger charge is 2.42. The van der Waals surface area contributed by atoms with Crippen molar-refractivity contribution in [3.63, 3.8) is 0 Å². The van der Waals surface area contributed by atoms with E-state index >= 15 is 0 Å². The molecule has 4 heteroatoms. The Labute approximate surface area is 113 Å².